The van der Waals surface area contributed by atoms with Crippen LogP contribution in [0.5, 0.6) is 0 Å². The van der Waals surface area contributed by atoms with Gasteiger partial charge in [-0.15, -0.1) is 0 Å². The standard InChI is InChI=1S/C32H24O/c1-32(2,3)22-17-20-12-11-19-13-15-23(25-16-14-21(18-22)29(20)30(19)25)26-8-6-9-27-24-7-4-5-10-28(24)33-31(26)27/h4-18H,1-3H3. The van der Waals surface area contributed by atoms with Gasteiger partial charge in [0, 0.05) is 16.3 Å². The maximum atomic E-state index is 6.38. The quantitative estimate of drug-likeness (QED) is 0.239. The van der Waals surface area contributed by atoms with Crippen molar-refractivity contribution in [3.63, 3.8) is 0 Å². The van der Waals surface area contributed by atoms with Crippen LogP contribution in [-0.4, -0.2) is 0 Å². The summed E-state index contributed by atoms with van der Waals surface area (Å²) in [4.78, 5) is 0. The molecule has 6 aromatic carbocycles. The Kier molecular flexibility index (Phi) is 3.60. The fraction of sp³-hybridized carbons (Fsp3) is 0.125. The average molecular weight is 425 g/mol. The zero-order chi connectivity index (χ0) is 22.3. The van der Waals surface area contributed by atoms with E-state index in [0.29, 0.717) is 0 Å². The van der Waals surface area contributed by atoms with E-state index in [1.807, 2.05) is 6.07 Å². The number of furan rings is 1. The summed E-state index contributed by atoms with van der Waals surface area (Å²) in [5, 5.41) is 10.2. The topological polar surface area (TPSA) is 13.1 Å². The number of hydrogen-bond donors (Lipinski definition) is 0. The Morgan fingerprint density at radius 3 is 2.06 bits per heavy atom. The van der Waals surface area contributed by atoms with Gasteiger partial charge in [0.25, 0.3) is 0 Å². The average Bonchev–Trinajstić information content (AvgIpc) is 3.20. The third-order valence-corrected chi connectivity index (χ3v) is 7.16. The van der Waals surface area contributed by atoms with Crippen molar-refractivity contribution in [2.24, 2.45) is 0 Å². The van der Waals surface area contributed by atoms with E-state index >= 15 is 0 Å². The smallest absolute Gasteiger partial charge is 0.143 e. The van der Waals surface area contributed by atoms with Gasteiger partial charge in [-0.3, -0.25) is 0 Å². The second-order valence-corrected chi connectivity index (χ2v) is 10.2. The van der Waals surface area contributed by atoms with E-state index in [2.05, 4.69) is 106 Å². The summed E-state index contributed by atoms with van der Waals surface area (Å²) in [6.45, 7) is 6.85. The molecule has 0 aliphatic rings. The Hall–Kier alpha value is -3.84. The lowest BCUT2D eigenvalue weighted by Gasteiger charge is -2.22. The lowest BCUT2D eigenvalue weighted by Crippen LogP contribution is -2.10. The molecule has 0 atom stereocenters. The molecule has 7 aromatic rings. The van der Waals surface area contributed by atoms with Gasteiger partial charge in [0.15, 0.2) is 0 Å². The molecule has 0 radical (unpaired) electrons. The van der Waals surface area contributed by atoms with Crippen LogP contribution in [0.1, 0.15) is 26.3 Å². The molecule has 33 heavy (non-hydrogen) atoms. The number of fused-ring (bicyclic) bond motifs is 3. The number of para-hydroxylation sites is 2. The second-order valence-electron chi connectivity index (χ2n) is 10.2. The van der Waals surface area contributed by atoms with Crippen molar-refractivity contribution in [3.05, 3.63) is 96.6 Å². The van der Waals surface area contributed by atoms with Gasteiger partial charge in [-0.25, -0.2) is 0 Å². The van der Waals surface area contributed by atoms with Crippen molar-refractivity contribution in [1.82, 2.24) is 0 Å². The van der Waals surface area contributed by atoms with Crippen molar-refractivity contribution >= 4 is 54.3 Å². The lowest BCUT2D eigenvalue weighted by molar-refractivity contribution is 0.591. The van der Waals surface area contributed by atoms with Gasteiger partial charge in [-0.2, -0.15) is 0 Å². The third kappa shape index (κ3) is 2.60. The summed E-state index contributed by atoms with van der Waals surface area (Å²) in [6.07, 6.45) is 0. The van der Waals surface area contributed by atoms with Gasteiger partial charge in [0.1, 0.15) is 11.2 Å². The van der Waals surface area contributed by atoms with Crippen molar-refractivity contribution in [1.29, 1.82) is 0 Å². The molecule has 0 N–H and O–H groups in total. The van der Waals surface area contributed by atoms with Crippen LogP contribution in [0.15, 0.2) is 95.4 Å². The minimum absolute atomic E-state index is 0.118. The molecular formula is C32H24O. The van der Waals surface area contributed by atoms with E-state index in [1.54, 1.807) is 0 Å². The van der Waals surface area contributed by atoms with Crippen molar-refractivity contribution in [3.8, 4) is 11.1 Å². The maximum Gasteiger partial charge on any atom is 0.143 e. The first-order valence-electron chi connectivity index (χ1n) is 11.6. The summed E-state index contributed by atoms with van der Waals surface area (Å²) in [6, 6.07) is 33.2. The molecule has 0 aliphatic carbocycles. The van der Waals surface area contributed by atoms with Crippen LogP contribution in [0, 0.1) is 0 Å². The van der Waals surface area contributed by atoms with Gasteiger partial charge in [0.2, 0.25) is 0 Å². The van der Waals surface area contributed by atoms with E-state index < -0.39 is 0 Å². The molecule has 1 nitrogen and oxygen atoms in total. The van der Waals surface area contributed by atoms with Crippen molar-refractivity contribution in [2.75, 3.05) is 0 Å². The Morgan fingerprint density at radius 2 is 1.24 bits per heavy atom. The summed E-state index contributed by atoms with van der Waals surface area (Å²) in [5.41, 5.74) is 5.77. The van der Waals surface area contributed by atoms with E-state index in [1.165, 1.54) is 54.2 Å². The van der Waals surface area contributed by atoms with Crippen LogP contribution in [-0.2, 0) is 5.41 Å². The van der Waals surface area contributed by atoms with Gasteiger partial charge in [-0.1, -0.05) is 106 Å². The number of benzene rings is 6. The van der Waals surface area contributed by atoms with Crippen LogP contribution in [0.25, 0.3) is 65.4 Å². The molecular weight excluding hydrogens is 400 g/mol. The van der Waals surface area contributed by atoms with Crippen LogP contribution >= 0.6 is 0 Å². The Labute approximate surface area is 192 Å². The van der Waals surface area contributed by atoms with E-state index in [0.717, 1.165) is 16.7 Å². The monoisotopic (exact) mass is 424 g/mol. The van der Waals surface area contributed by atoms with Crippen LogP contribution in [0.2, 0.25) is 0 Å². The molecule has 0 saturated carbocycles. The minimum Gasteiger partial charge on any atom is -0.455 e. The van der Waals surface area contributed by atoms with Gasteiger partial charge in [-0.05, 0) is 54.9 Å². The highest BCUT2D eigenvalue weighted by Gasteiger charge is 2.19. The largest absolute Gasteiger partial charge is 0.455 e. The molecule has 7 rings (SSSR count). The van der Waals surface area contributed by atoms with Crippen LogP contribution < -0.4 is 0 Å². The fourth-order valence-electron chi connectivity index (χ4n) is 5.45. The first-order chi connectivity index (χ1) is 16.0. The molecule has 0 aliphatic heterocycles. The lowest BCUT2D eigenvalue weighted by atomic mass is 9.82. The number of hydrogen-bond acceptors (Lipinski definition) is 1. The van der Waals surface area contributed by atoms with Gasteiger partial charge in [0.05, 0.1) is 0 Å². The zero-order valence-electron chi connectivity index (χ0n) is 19.1. The highest BCUT2D eigenvalue weighted by molar-refractivity contribution is 6.26. The van der Waals surface area contributed by atoms with Gasteiger partial charge < -0.3 is 4.42 Å². The third-order valence-electron chi connectivity index (χ3n) is 7.16. The normalized spacial score (nSPS) is 12.7. The summed E-state index contributed by atoms with van der Waals surface area (Å²) in [7, 11) is 0. The SMILES string of the molecule is CC(C)(C)c1cc2ccc3ccc(-c4cccc5c4oc4ccccc45)c4ccc(c1)c2c34. The molecule has 0 unspecified atom stereocenters. The molecule has 1 aromatic heterocycles. The molecule has 0 bridgehead atoms. The Balaban J connectivity index is 1.59. The maximum absolute atomic E-state index is 6.38. The second kappa shape index (κ2) is 6.36. The zero-order valence-corrected chi connectivity index (χ0v) is 19.1. The number of rotatable bonds is 1. The Bertz CT molecular complexity index is 1820. The van der Waals surface area contributed by atoms with Crippen molar-refractivity contribution < 1.29 is 4.42 Å². The molecule has 1 heterocycles. The predicted molar refractivity (Wildman–Crippen MR) is 142 cm³/mol. The molecule has 1 heteroatoms. The van der Waals surface area contributed by atoms with E-state index in [4.69, 9.17) is 4.42 Å². The molecule has 0 spiro atoms. The van der Waals surface area contributed by atoms with E-state index in [9.17, 15) is 0 Å². The first kappa shape index (κ1) is 18.7. The Morgan fingerprint density at radius 1 is 0.545 bits per heavy atom. The van der Waals surface area contributed by atoms with Gasteiger partial charge >= 0.3 is 0 Å². The highest BCUT2D eigenvalue weighted by Crippen LogP contribution is 2.43. The molecule has 0 amide bonds. The van der Waals surface area contributed by atoms with Crippen LogP contribution in [0.3, 0.4) is 0 Å². The first-order valence-corrected chi connectivity index (χ1v) is 11.6. The predicted octanol–water partition coefficient (Wildman–Crippen LogP) is 9.45. The fourth-order valence-corrected chi connectivity index (χ4v) is 5.45. The van der Waals surface area contributed by atoms with Crippen molar-refractivity contribution in [2.45, 2.75) is 26.2 Å². The summed E-state index contributed by atoms with van der Waals surface area (Å²) < 4.78 is 6.38. The highest BCUT2D eigenvalue weighted by atomic mass is 16.3. The summed E-state index contributed by atoms with van der Waals surface area (Å²) in [5.74, 6) is 0. The van der Waals surface area contributed by atoms with E-state index in [-0.39, 0.29) is 5.41 Å². The molecule has 158 valence electrons. The van der Waals surface area contributed by atoms with Crippen LogP contribution in [0.4, 0.5) is 0 Å². The minimum atomic E-state index is 0.118. The molecule has 0 saturated heterocycles. The molecule has 0 fully saturated rings. The summed E-state index contributed by atoms with van der Waals surface area (Å²) >= 11 is 0.